The second-order valence-electron chi connectivity index (χ2n) is 6.48. The van der Waals surface area contributed by atoms with E-state index in [-0.39, 0.29) is 11.9 Å². The number of amides is 1. The molecule has 0 saturated carbocycles. The fourth-order valence-corrected chi connectivity index (χ4v) is 2.20. The van der Waals surface area contributed by atoms with Crippen molar-refractivity contribution in [3.05, 3.63) is 71.3 Å². The fraction of sp³-hybridized carbons (Fsp3) is 0.316. The third kappa shape index (κ3) is 3.94. The van der Waals surface area contributed by atoms with Crippen molar-refractivity contribution < 1.29 is 4.79 Å². The molecular weight excluding hydrogens is 258 g/mol. The highest BCUT2D eigenvalue weighted by molar-refractivity contribution is 5.82. The zero-order valence-electron chi connectivity index (χ0n) is 13.2. The van der Waals surface area contributed by atoms with Crippen LogP contribution in [0.4, 0.5) is 0 Å². The smallest absolute Gasteiger partial charge is 0.226 e. The molecule has 0 aliphatic carbocycles. The highest BCUT2D eigenvalue weighted by Crippen LogP contribution is 2.25. The predicted molar refractivity (Wildman–Crippen MR) is 87.1 cm³/mol. The topological polar surface area (TPSA) is 29.1 Å². The molecule has 2 aromatic rings. The first kappa shape index (κ1) is 15.3. The zero-order valence-corrected chi connectivity index (χ0v) is 13.2. The van der Waals surface area contributed by atoms with Gasteiger partial charge in [0.25, 0.3) is 0 Å². The van der Waals surface area contributed by atoms with Gasteiger partial charge in [-0.15, -0.1) is 0 Å². The zero-order chi connectivity index (χ0) is 15.5. The fourth-order valence-electron chi connectivity index (χ4n) is 2.20. The van der Waals surface area contributed by atoms with E-state index in [2.05, 4.69) is 42.6 Å². The number of carbonyl (C=O) groups excluding carboxylic acids is 1. The number of rotatable bonds is 3. The van der Waals surface area contributed by atoms with E-state index in [1.54, 1.807) is 0 Å². The van der Waals surface area contributed by atoms with Gasteiger partial charge in [0.15, 0.2) is 0 Å². The molecule has 1 atom stereocenters. The lowest BCUT2D eigenvalue weighted by Crippen LogP contribution is -2.37. The summed E-state index contributed by atoms with van der Waals surface area (Å²) in [7, 11) is 0. The minimum atomic E-state index is -0.406. The Balaban J connectivity index is 2.38. The van der Waals surface area contributed by atoms with E-state index in [0.717, 1.165) is 11.1 Å². The van der Waals surface area contributed by atoms with Crippen LogP contribution in [-0.2, 0) is 4.79 Å². The summed E-state index contributed by atoms with van der Waals surface area (Å²) in [6.45, 7) is 7.86. The lowest BCUT2D eigenvalue weighted by atomic mass is 9.92. The summed E-state index contributed by atoms with van der Waals surface area (Å²) < 4.78 is 0. The first-order valence-corrected chi connectivity index (χ1v) is 7.30. The minimum Gasteiger partial charge on any atom is -0.345 e. The van der Waals surface area contributed by atoms with E-state index in [4.69, 9.17) is 0 Å². The second kappa shape index (κ2) is 6.13. The number of hydrogen-bond donors (Lipinski definition) is 1. The summed E-state index contributed by atoms with van der Waals surface area (Å²) in [6, 6.07) is 18.3. The standard InChI is InChI=1S/C19H23NO/c1-14-9-8-12-16(13-14)17(15-10-6-5-7-11-15)20-18(21)19(2,3)4/h5-13,17H,1-4H3,(H,20,21). The first-order valence-electron chi connectivity index (χ1n) is 7.30. The summed E-state index contributed by atoms with van der Waals surface area (Å²) in [5.41, 5.74) is 2.99. The Bertz CT molecular complexity index is 611. The summed E-state index contributed by atoms with van der Waals surface area (Å²) in [4.78, 5) is 12.4. The van der Waals surface area contributed by atoms with Gasteiger partial charge in [0.1, 0.15) is 0 Å². The SMILES string of the molecule is Cc1cccc(C(NC(=O)C(C)(C)C)c2ccccc2)c1. The van der Waals surface area contributed by atoms with E-state index in [0.29, 0.717) is 0 Å². The van der Waals surface area contributed by atoms with Gasteiger partial charge >= 0.3 is 0 Å². The van der Waals surface area contributed by atoms with Crippen molar-refractivity contribution in [3.63, 3.8) is 0 Å². The van der Waals surface area contributed by atoms with Crippen molar-refractivity contribution in [1.29, 1.82) is 0 Å². The van der Waals surface area contributed by atoms with E-state index in [1.807, 2.05) is 45.0 Å². The van der Waals surface area contributed by atoms with Gasteiger partial charge in [-0.1, -0.05) is 80.9 Å². The van der Waals surface area contributed by atoms with Crippen LogP contribution in [0.15, 0.2) is 54.6 Å². The van der Waals surface area contributed by atoms with Crippen LogP contribution in [0.2, 0.25) is 0 Å². The molecule has 2 nitrogen and oxygen atoms in total. The Morgan fingerprint density at radius 1 is 0.952 bits per heavy atom. The number of carbonyl (C=O) groups is 1. The molecule has 0 saturated heterocycles. The maximum Gasteiger partial charge on any atom is 0.226 e. The molecule has 0 aromatic heterocycles. The third-order valence-electron chi connectivity index (χ3n) is 3.46. The molecule has 1 N–H and O–H groups in total. The maximum absolute atomic E-state index is 12.4. The van der Waals surface area contributed by atoms with E-state index in [9.17, 15) is 4.79 Å². The van der Waals surface area contributed by atoms with Crippen LogP contribution >= 0.6 is 0 Å². The van der Waals surface area contributed by atoms with Gasteiger partial charge < -0.3 is 5.32 Å². The number of aryl methyl sites for hydroxylation is 1. The van der Waals surface area contributed by atoms with E-state index in [1.165, 1.54) is 5.56 Å². The minimum absolute atomic E-state index is 0.0536. The molecule has 0 spiro atoms. The Morgan fingerprint density at radius 3 is 2.14 bits per heavy atom. The second-order valence-corrected chi connectivity index (χ2v) is 6.48. The summed E-state index contributed by atoms with van der Waals surface area (Å²) in [6.07, 6.45) is 0. The van der Waals surface area contributed by atoms with Gasteiger partial charge in [-0.25, -0.2) is 0 Å². The van der Waals surface area contributed by atoms with Crippen molar-refractivity contribution >= 4 is 5.91 Å². The molecule has 0 radical (unpaired) electrons. The van der Waals surface area contributed by atoms with Crippen LogP contribution in [0.25, 0.3) is 0 Å². The van der Waals surface area contributed by atoms with Crippen LogP contribution < -0.4 is 5.32 Å². The Labute approximate surface area is 127 Å². The van der Waals surface area contributed by atoms with Crippen LogP contribution in [0.3, 0.4) is 0 Å². The monoisotopic (exact) mass is 281 g/mol. The van der Waals surface area contributed by atoms with Crippen molar-refractivity contribution in [2.75, 3.05) is 0 Å². The molecule has 1 unspecified atom stereocenters. The molecular formula is C19H23NO. The van der Waals surface area contributed by atoms with Crippen molar-refractivity contribution in [1.82, 2.24) is 5.32 Å². The van der Waals surface area contributed by atoms with Crippen LogP contribution in [0.5, 0.6) is 0 Å². The molecule has 21 heavy (non-hydrogen) atoms. The van der Waals surface area contributed by atoms with Crippen LogP contribution in [-0.4, -0.2) is 5.91 Å². The summed E-state index contributed by atoms with van der Waals surface area (Å²) >= 11 is 0. The molecule has 0 heterocycles. The first-order chi connectivity index (χ1) is 9.88. The quantitative estimate of drug-likeness (QED) is 0.895. The predicted octanol–water partition coefficient (Wildman–Crippen LogP) is 4.25. The van der Waals surface area contributed by atoms with Crippen LogP contribution in [0.1, 0.15) is 43.5 Å². The normalized spacial score (nSPS) is 12.8. The molecule has 0 aliphatic heterocycles. The van der Waals surface area contributed by atoms with Gasteiger partial charge in [-0.3, -0.25) is 4.79 Å². The highest BCUT2D eigenvalue weighted by Gasteiger charge is 2.25. The lowest BCUT2D eigenvalue weighted by Gasteiger charge is -2.25. The average Bonchev–Trinajstić information content (AvgIpc) is 2.44. The summed E-state index contributed by atoms with van der Waals surface area (Å²) in [5.74, 6) is 0.0536. The molecule has 0 fully saturated rings. The van der Waals surface area contributed by atoms with Gasteiger partial charge in [0.05, 0.1) is 6.04 Å². The molecule has 2 rings (SSSR count). The molecule has 2 heteroatoms. The molecule has 0 aliphatic rings. The van der Waals surface area contributed by atoms with Gasteiger partial charge in [-0.05, 0) is 18.1 Å². The number of benzene rings is 2. The Kier molecular flexibility index (Phi) is 4.46. The van der Waals surface area contributed by atoms with E-state index >= 15 is 0 Å². The molecule has 1 amide bonds. The van der Waals surface area contributed by atoms with Gasteiger partial charge in [0, 0.05) is 5.41 Å². The Hall–Kier alpha value is -2.09. The van der Waals surface area contributed by atoms with Crippen LogP contribution in [0, 0.1) is 12.3 Å². The van der Waals surface area contributed by atoms with E-state index < -0.39 is 5.41 Å². The Morgan fingerprint density at radius 2 is 1.57 bits per heavy atom. The molecule has 110 valence electrons. The van der Waals surface area contributed by atoms with Crippen molar-refractivity contribution in [2.45, 2.75) is 33.7 Å². The highest BCUT2D eigenvalue weighted by atomic mass is 16.2. The largest absolute Gasteiger partial charge is 0.345 e. The molecule has 2 aromatic carbocycles. The average molecular weight is 281 g/mol. The maximum atomic E-state index is 12.4. The molecule has 0 bridgehead atoms. The summed E-state index contributed by atoms with van der Waals surface area (Å²) in [5, 5.41) is 3.18. The van der Waals surface area contributed by atoms with Crippen molar-refractivity contribution in [3.8, 4) is 0 Å². The third-order valence-corrected chi connectivity index (χ3v) is 3.46. The van der Waals surface area contributed by atoms with Gasteiger partial charge in [0.2, 0.25) is 5.91 Å². The number of hydrogen-bond acceptors (Lipinski definition) is 1. The number of nitrogens with one attached hydrogen (secondary N) is 1. The lowest BCUT2D eigenvalue weighted by molar-refractivity contribution is -0.129. The van der Waals surface area contributed by atoms with Crippen molar-refractivity contribution in [2.24, 2.45) is 5.41 Å². The van der Waals surface area contributed by atoms with Gasteiger partial charge in [-0.2, -0.15) is 0 Å².